The molecule has 0 aromatic heterocycles. The molecule has 1 heterocycles. The number of carbonyl (C=O) groups excluding carboxylic acids is 2. The molecule has 2 N–H and O–H groups in total. The highest BCUT2D eigenvalue weighted by Gasteiger charge is 2.34. The lowest BCUT2D eigenvalue weighted by Gasteiger charge is -2.28. The van der Waals surface area contributed by atoms with Gasteiger partial charge in [0.05, 0.1) is 5.25 Å². The Morgan fingerprint density at radius 1 is 1.18 bits per heavy atom. The molecule has 1 unspecified atom stereocenters. The topological polar surface area (TPSA) is 95.6 Å². The van der Waals surface area contributed by atoms with Crippen LogP contribution in [-0.4, -0.2) is 44.1 Å². The van der Waals surface area contributed by atoms with Crippen LogP contribution in [0.1, 0.15) is 63.5 Å². The van der Waals surface area contributed by atoms with Crippen molar-refractivity contribution >= 4 is 39.2 Å². The predicted molar refractivity (Wildman–Crippen MR) is 111 cm³/mol. The quantitative estimate of drug-likeness (QED) is 0.746. The van der Waals surface area contributed by atoms with E-state index in [1.165, 1.54) is 4.90 Å². The summed E-state index contributed by atoms with van der Waals surface area (Å²) in [5, 5.41) is 2.35. The van der Waals surface area contributed by atoms with Crippen molar-refractivity contribution in [1.82, 2.24) is 9.62 Å². The number of nitrogens with one attached hydrogen (secondary N) is 2. The number of nitrogens with zero attached hydrogens (tertiary/aromatic N) is 1. The zero-order valence-electron chi connectivity index (χ0n) is 16.9. The van der Waals surface area contributed by atoms with Crippen molar-refractivity contribution in [2.24, 2.45) is 0 Å². The van der Waals surface area contributed by atoms with Gasteiger partial charge in [-0.2, -0.15) is 0 Å². The van der Waals surface area contributed by atoms with Crippen molar-refractivity contribution in [3.63, 3.8) is 0 Å². The molecule has 0 spiro atoms. The number of likely N-dealkylation sites (tertiary alicyclic amines) is 1. The minimum absolute atomic E-state index is 0.0783. The highest BCUT2D eigenvalue weighted by atomic mass is 35.5. The summed E-state index contributed by atoms with van der Waals surface area (Å²) in [6.45, 7) is 8.23. The molecule has 1 aromatic carbocycles. The Balaban J connectivity index is 2.24. The van der Waals surface area contributed by atoms with E-state index in [4.69, 9.17) is 11.6 Å². The van der Waals surface area contributed by atoms with Crippen molar-refractivity contribution in [3.05, 3.63) is 28.3 Å². The minimum atomic E-state index is -3.97. The Kier molecular flexibility index (Phi) is 6.98. The number of piperidine rings is 1. The van der Waals surface area contributed by atoms with Crippen molar-refractivity contribution in [2.75, 3.05) is 18.9 Å². The molecule has 0 bridgehead atoms. The minimum Gasteiger partial charge on any atom is -0.346 e. The zero-order valence-corrected chi connectivity index (χ0v) is 18.4. The van der Waals surface area contributed by atoms with E-state index in [0.717, 1.165) is 11.1 Å². The first-order valence-corrected chi connectivity index (χ1v) is 11.2. The van der Waals surface area contributed by atoms with E-state index >= 15 is 0 Å². The molecule has 0 aliphatic carbocycles. The highest BCUT2D eigenvalue weighted by Crippen LogP contribution is 2.35. The molecule has 1 saturated heterocycles. The molecule has 1 aliphatic rings. The van der Waals surface area contributed by atoms with Gasteiger partial charge in [0.2, 0.25) is 15.9 Å². The molecule has 0 saturated carbocycles. The summed E-state index contributed by atoms with van der Waals surface area (Å²) < 4.78 is 27.2. The van der Waals surface area contributed by atoms with Gasteiger partial charge in [0.1, 0.15) is 0 Å². The van der Waals surface area contributed by atoms with E-state index in [0.29, 0.717) is 23.7 Å². The number of sulfonamides is 1. The lowest BCUT2D eigenvalue weighted by Crippen LogP contribution is -2.47. The number of amides is 3. The molecular weight excluding hydrogens is 402 g/mol. The van der Waals surface area contributed by atoms with Gasteiger partial charge in [0, 0.05) is 30.7 Å². The summed E-state index contributed by atoms with van der Waals surface area (Å²) in [4.78, 5) is 25.8. The fraction of sp³-hybridized carbons (Fsp3) is 0.579. The normalized spacial score (nSPS) is 17.9. The second kappa shape index (κ2) is 8.69. The first-order valence-electron chi connectivity index (χ1n) is 9.32. The van der Waals surface area contributed by atoms with Gasteiger partial charge in [-0.3, -0.25) is 4.79 Å². The average molecular weight is 430 g/mol. The number of benzene rings is 1. The van der Waals surface area contributed by atoms with Crippen molar-refractivity contribution in [2.45, 2.75) is 57.6 Å². The van der Waals surface area contributed by atoms with Crippen LogP contribution in [0.5, 0.6) is 0 Å². The first kappa shape index (κ1) is 22.5. The molecule has 3 amide bonds. The predicted octanol–water partition coefficient (Wildman–Crippen LogP) is 3.66. The molecule has 28 heavy (non-hydrogen) atoms. The molecule has 156 valence electrons. The number of hydrogen-bond donors (Lipinski definition) is 2. The van der Waals surface area contributed by atoms with Gasteiger partial charge in [-0.25, -0.2) is 17.9 Å². The third kappa shape index (κ3) is 5.17. The Hall–Kier alpha value is -1.80. The number of halogens is 1. The van der Waals surface area contributed by atoms with Crippen LogP contribution in [0.3, 0.4) is 0 Å². The van der Waals surface area contributed by atoms with Crippen molar-refractivity contribution < 1.29 is 18.0 Å². The number of carbonyl (C=O) groups is 2. The number of urea groups is 1. The fourth-order valence-electron chi connectivity index (χ4n) is 3.24. The molecule has 1 aromatic rings. The van der Waals surface area contributed by atoms with Crippen LogP contribution in [0.2, 0.25) is 5.02 Å². The SMILES string of the molecule is CC(C)c1cc(Cl)cc(C(C)C)c1NC(=O)NS(=O)(=O)C1CCN(C)C(=O)C1. The smallest absolute Gasteiger partial charge is 0.332 e. The van der Waals surface area contributed by atoms with E-state index in [-0.39, 0.29) is 24.2 Å². The maximum Gasteiger partial charge on any atom is 0.332 e. The van der Waals surface area contributed by atoms with Crippen molar-refractivity contribution in [3.8, 4) is 0 Å². The summed E-state index contributed by atoms with van der Waals surface area (Å²) >= 11 is 6.22. The molecule has 1 atom stereocenters. The second-order valence-corrected chi connectivity index (χ2v) is 10.2. The Labute approximate surface area is 171 Å². The summed E-state index contributed by atoms with van der Waals surface area (Å²) in [5.41, 5.74) is 2.23. The maximum atomic E-state index is 12.6. The van der Waals surface area contributed by atoms with Crippen LogP contribution in [0.4, 0.5) is 10.5 Å². The van der Waals surface area contributed by atoms with Crippen LogP contribution in [-0.2, 0) is 14.8 Å². The lowest BCUT2D eigenvalue weighted by molar-refractivity contribution is -0.131. The number of rotatable bonds is 5. The Morgan fingerprint density at radius 2 is 1.71 bits per heavy atom. The fourth-order valence-corrected chi connectivity index (χ4v) is 4.73. The van der Waals surface area contributed by atoms with E-state index < -0.39 is 21.3 Å². The average Bonchev–Trinajstić information content (AvgIpc) is 2.57. The van der Waals surface area contributed by atoms with Crippen LogP contribution in [0, 0.1) is 0 Å². The molecule has 2 rings (SSSR count). The lowest BCUT2D eigenvalue weighted by atomic mass is 9.92. The van der Waals surface area contributed by atoms with Crippen LogP contribution >= 0.6 is 11.6 Å². The molecule has 7 nitrogen and oxygen atoms in total. The maximum absolute atomic E-state index is 12.6. The van der Waals surface area contributed by atoms with Gasteiger partial charge >= 0.3 is 6.03 Å². The van der Waals surface area contributed by atoms with Crippen LogP contribution in [0.25, 0.3) is 0 Å². The highest BCUT2D eigenvalue weighted by molar-refractivity contribution is 7.90. The summed E-state index contributed by atoms with van der Waals surface area (Å²) in [5.74, 6) is -0.0897. The number of hydrogen-bond acceptors (Lipinski definition) is 4. The molecule has 9 heteroatoms. The van der Waals surface area contributed by atoms with Gasteiger partial charge in [0.25, 0.3) is 0 Å². The molecule has 1 fully saturated rings. The molecule has 1 aliphatic heterocycles. The first-order chi connectivity index (χ1) is 12.9. The van der Waals surface area contributed by atoms with Crippen molar-refractivity contribution in [1.29, 1.82) is 0 Å². The van der Waals surface area contributed by atoms with E-state index in [2.05, 4.69) is 10.0 Å². The largest absolute Gasteiger partial charge is 0.346 e. The van der Waals surface area contributed by atoms with Crippen LogP contribution in [0.15, 0.2) is 12.1 Å². The van der Waals surface area contributed by atoms with Gasteiger partial charge in [-0.15, -0.1) is 0 Å². The van der Waals surface area contributed by atoms with Gasteiger partial charge in [-0.1, -0.05) is 39.3 Å². The summed E-state index contributed by atoms with van der Waals surface area (Å²) in [6, 6.07) is 2.72. The Morgan fingerprint density at radius 3 is 2.18 bits per heavy atom. The van der Waals surface area contributed by atoms with Gasteiger partial charge < -0.3 is 10.2 Å². The third-order valence-electron chi connectivity index (χ3n) is 4.93. The Bertz CT molecular complexity index is 839. The van der Waals surface area contributed by atoms with Gasteiger partial charge in [0.15, 0.2) is 0 Å². The van der Waals surface area contributed by atoms with E-state index in [1.807, 2.05) is 27.7 Å². The number of anilines is 1. The van der Waals surface area contributed by atoms with Gasteiger partial charge in [-0.05, 0) is 41.5 Å². The molecular formula is C19H28ClN3O4S. The van der Waals surface area contributed by atoms with E-state index in [9.17, 15) is 18.0 Å². The molecule has 0 radical (unpaired) electrons. The summed E-state index contributed by atoms with van der Waals surface area (Å²) in [6.07, 6.45) is 0.162. The standard InChI is InChI=1S/C19H28ClN3O4S/c1-11(2)15-8-13(20)9-16(12(3)4)18(15)21-19(25)22-28(26,27)14-6-7-23(5)17(24)10-14/h8-9,11-12,14H,6-7,10H2,1-5H3,(H2,21,22,25). The van der Waals surface area contributed by atoms with E-state index in [1.54, 1.807) is 19.2 Å². The summed E-state index contributed by atoms with van der Waals surface area (Å²) in [7, 11) is -2.34. The third-order valence-corrected chi connectivity index (χ3v) is 6.90. The zero-order chi connectivity index (χ0) is 21.2. The van der Waals surface area contributed by atoms with Crippen LogP contribution < -0.4 is 10.0 Å². The monoisotopic (exact) mass is 429 g/mol. The second-order valence-electron chi connectivity index (χ2n) is 7.80.